The first kappa shape index (κ1) is 19.7. The number of rotatable bonds is 4. The molecule has 8 nitrogen and oxygen atoms in total. The molecule has 1 aromatic carbocycles. The molecular formula is C24H19N3O5. The average Bonchev–Trinajstić information content (AvgIpc) is 3.09. The van der Waals surface area contributed by atoms with E-state index >= 15 is 0 Å². The Hall–Kier alpha value is -4.20. The zero-order valence-electron chi connectivity index (χ0n) is 17.0. The van der Waals surface area contributed by atoms with Crippen molar-refractivity contribution >= 4 is 17.4 Å². The van der Waals surface area contributed by atoms with Crippen molar-refractivity contribution in [3.63, 3.8) is 0 Å². The third-order valence-corrected chi connectivity index (χ3v) is 5.43. The van der Waals surface area contributed by atoms with Crippen LogP contribution in [0.25, 0.3) is 5.76 Å². The highest BCUT2D eigenvalue weighted by Crippen LogP contribution is 2.41. The fourth-order valence-corrected chi connectivity index (χ4v) is 3.92. The van der Waals surface area contributed by atoms with E-state index in [1.807, 2.05) is 0 Å². The van der Waals surface area contributed by atoms with Crippen LogP contribution < -0.4 is 9.47 Å². The van der Waals surface area contributed by atoms with Gasteiger partial charge < -0.3 is 19.5 Å². The van der Waals surface area contributed by atoms with Crippen molar-refractivity contribution in [2.75, 3.05) is 13.2 Å². The van der Waals surface area contributed by atoms with Crippen LogP contribution in [0.3, 0.4) is 0 Å². The van der Waals surface area contributed by atoms with Gasteiger partial charge in [0.1, 0.15) is 25.0 Å². The number of aliphatic hydroxyl groups is 1. The van der Waals surface area contributed by atoms with Crippen LogP contribution in [-0.4, -0.2) is 44.9 Å². The van der Waals surface area contributed by atoms with Gasteiger partial charge >= 0.3 is 0 Å². The molecule has 1 N–H and O–H groups in total. The molecule has 0 spiro atoms. The van der Waals surface area contributed by atoms with Gasteiger partial charge in [-0.3, -0.25) is 19.6 Å². The molecule has 32 heavy (non-hydrogen) atoms. The second kappa shape index (κ2) is 8.14. The van der Waals surface area contributed by atoms with Crippen molar-refractivity contribution in [1.29, 1.82) is 0 Å². The molecule has 2 aromatic heterocycles. The van der Waals surface area contributed by atoms with E-state index in [-0.39, 0.29) is 17.9 Å². The Labute approximate surface area is 183 Å². The smallest absolute Gasteiger partial charge is 0.296 e. The number of aliphatic hydroxyl groups excluding tert-OH is 1. The lowest BCUT2D eigenvalue weighted by Crippen LogP contribution is -2.29. The van der Waals surface area contributed by atoms with E-state index in [1.54, 1.807) is 67.1 Å². The number of aromatic nitrogens is 2. The van der Waals surface area contributed by atoms with Crippen molar-refractivity contribution in [3.05, 3.63) is 89.5 Å². The van der Waals surface area contributed by atoms with Gasteiger partial charge in [0.15, 0.2) is 11.5 Å². The van der Waals surface area contributed by atoms with Crippen LogP contribution in [0.5, 0.6) is 11.5 Å². The molecule has 3 aromatic rings. The van der Waals surface area contributed by atoms with Crippen molar-refractivity contribution in [2.24, 2.45) is 0 Å². The van der Waals surface area contributed by atoms with Gasteiger partial charge in [0.25, 0.3) is 11.7 Å². The lowest BCUT2D eigenvalue weighted by atomic mass is 9.98. The van der Waals surface area contributed by atoms with Gasteiger partial charge in [-0.15, -0.1) is 0 Å². The predicted molar refractivity (Wildman–Crippen MR) is 114 cm³/mol. The molecule has 2 aliphatic rings. The van der Waals surface area contributed by atoms with Crippen LogP contribution in [0.15, 0.2) is 72.7 Å². The van der Waals surface area contributed by atoms with Crippen molar-refractivity contribution in [1.82, 2.24) is 14.9 Å². The summed E-state index contributed by atoms with van der Waals surface area (Å²) < 4.78 is 11.1. The van der Waals surface area contributed by atoms with Crippen LogP contribution in [0.1, 0.15) is 22.9 Å². The maximum absolute atomic E-state index is 13.1. The largest absolute Gasteiger partial charge is 0.507 e. The number of hydrogen-bond donors (Lipinski definition) is 1. The minimum absolute atomic E-state index is 0.0144. The minimum Gasteiger partial charge on any atom is -0.507 e. The molecule has 1 saturated heterocycles. The van der Waals surface area contributed by atoms with E-state index in [4.69, 9.17) is 9.47 Å². The van der Waals surface area contributed by atoms with Crippen LogP contribution in [0.4, 0.5) is 0 Å². The van der Waals surface area contributed by atoms with Gasteiger partial charge in [0.2, 0.25) is 0 Å². The van der Waals surface area contributed by atoms with E-state index in [0.29, 0.717) is 36.0 Å². The monoisotopic (exact) mass is 429 g/mol. The summed E-state index contributed by atoms with van der Waals surface area (Å²) in [4.78, 5) is 35.9. The van der Waals surface area contributed by atoms with Gasteiger partial charge in [0, 0.05) is 30.7 Å². The zero-order valence-corrected chi connectivity index (χ0v) is 17.0. The number of ketones is 1. The highest BCUT2D eigenvalue weighted by atomic mass is 16.6. The lowest BCUT2D eigenvalue weighted by molar-refractivity contribution is -0.140. The minimum atomic E-state index is -0.836. The summed E-state index contributed by atoms with van der Waals surface area (Å²) in [6.07, 6.45) is 4.83. The molecule has 5 rings (SSSR count). The molecule has 8 heteroatoms. The Bertz CT molecular complexity index is 1210. The number of Topliss-reactive ketones (excluding diaryl/α,β-unsaturated/α-hetero) is 1. The summed E-state index contributed by atoms with van der Waals surface area (Å²) in [6, 6.07) is 12.9. The Morgan fingerprint density at radius 3 is 2.53 bits per heavy atom. The quantitative estimate of drug-likeness (QED) is 0.387. The summed E-state index contributed by atoms with van der Waals surface area (Å²) in [5, 5.41) is 11.2. The van der Waals surface area contributed by atoms with Gasteiger partial charge in [0.05, 0.1) is 11.3 Å². The Morgan fingerprint density at radius 2 is 1.78 bits per heavy atom. The third-order valence-electron chi connectivity index (χ3n) is 5.43. The number of fused-ring (bicyclic) bond motifs is 1. The summed E-state index contributed by atoms with van der Waals surface area (Å²) in [6.45, 7) is 1.01. The normalized spacial score (nSPS) is 19.2. The zero-order chi connectivity index (χ0) is 22.1. The fourth-order valence-electron chi connectivity index (χ4n) is 3.92. The van der Waals surface area contributed by atoms with E-state index in [9.17, 15) is 14.7 Å². The fraction of sp³-hybridized carbons (Fsp3) is 0.167. The van der Waals surface area contributed by atoms with Crippen molar-refractivity contribution in [3.8, 4) is 11.5 Å². The van der Waals surface area contributed by atoms with Gasteiger partial charge in [-0.05, 0) is 48.0 Å². The Balaban J connectivity index is 1.62. The van der Waals surface area contributed by atoms with E-state index < -0.39 is 17.7 Å². The van der Waals surface area contributed by atoms with E-state index in [2.05, 4.69) is 9.97 Å². The molecule has 0 saturated carbocycles. The molecule has 1 unspecified atom stereocenters. The summed E-state index contributed by atoms with van der Waals surface area (Å²) >= 11 is 0. The van der Waals surface area contributed by atoms with Crippen LogP contribution in [0, 0.1) is 0 Å². The van der Waals surface area contributed by atoms with Gasteiger partial charge in [-0.1, -0.05) is 6.07 Å². The second-order valence-electron chi connectivity index (χ2n) is 7.40. The third kappa shape index (κ3) is 3.45. The number of pyridine rings is 2. The van der Waals surface area contributed by atoms with Gasteiger partial charge in [-0.25, -0.2) is 0 Å². The average molecular weight is 429 g/mol. The SMILES string of the molecule is O=C1C(=O)N(Cc2ccncc2)C(c2ccccn2)/C1=C(/O)c1ccc2c(c1)OCCO2. The Kier molecular flexibility index (Phi) is 5.03. The number of carbonyl (C=O) groups is 2. The predicted octanol–water partition coefficient (Wildman–Crippen LogP) is 2.87. The maximum atomic E-state index is 13.1. The number of ether oxygens (including phenoxy) is 2. The number of benzene rings is 1. The second-order valence-corrected chi connectivity index (χ2v) is 7.40. The number of hydrogen-bond acceptors (Lipinski definition) is 7. The topological polar surface area (TPSA) is 102 Å². The van der Waals surface area contributed by atoms with Crippen molar-refractivity contribution < 1.29 is 24.2 Å². The van der Waals surface area contributed by atoms with Crippen molar-refractivity contribution in [2.45, 2.75) is 12.6 Å². The molecule has 2 aliphatic heterocycles. The van der Waals surface area contributed by atoms with Crippen LogP contribution in [-0.2, 0) is 16.1 Å². The Morgan fingerprint density at radius 1 is 1.00 bits per heavy atom. The van der Waals surface area contributed by atoms with E-state index in [0.717, 1.165) is 5.56 Å². The number of nitrogens with zero attached hydrogens (tertiary/aromatic N) is 3. The number of carbonyl (C=O) groups excluding carboxylic acids is 2. The molecule has 1 fully saturated rings. The number of likely N-dealkylation sites (tertiary alicyclic amines) is 1. The van der Waals surface area contributed by atoms with Crippen LogP contribution in [0.2, 0.25) is 0 Å². The number of amides is 1. The molecule has 0 aliphatic carbocycles. The molecule has 160 valence electrons. The summed E-state index contributed by atoms with van der Waals surface area (Å²) in [5.41, 5.74) is 1.64. The molecule has 1 amide bonds. The molecule has 4 heterocycles. The molecular weight excluding hydrogens is 410 g/mol. The van der Waals surface area contributed by atoms with E-state index in [1.165, 1.54) is 4.90 Å². The molecule has 1 atom stereocenters. The highest BCUT2D eigenvalue weighted by Gasteiger charge is 2.46. The first-order valence-electron chi connectivity index (χ1n) is 10.1. The molecule has 0 bridgehead atoms. The highest BCUT2D eigenvalue weighted by molar-refractivity contribution is 6.46. The first-order valence-corrected chi connectivity index (χ1v) is 10.1. The maximum Gasteiger partial charge on any atom is 0.296 e. The standard InChI is InChI=1S/C24H19N3O5/c28-22(16-4-5-18-19(13-16)32-12-11-31-18)20-21(17-3-1-2-8-26-17)27(24(30)23(20)29)14-15-6-9-25-10-7-15/h1-10,13,21,28H,11-12,14H2/b22-20-. The summed E-state index contributed by atoms with van der Waals surface area (Å²) in [5.74, 6) is -0.709. The van der Waals surface area contributed by atoms with Crippen LogP contribution >= 0.6 is 0 Å². The lowest BCUT2D eigenvalue weighted by Gasteiger charge is -2.24. The molecule has 0 radical (unpaired) electrons. The first-order chi connectivity index (χ1) is 15.6. The van der Waals surface area contributed by atoms with Gasteiger partial charge in [-0.2, -0.15) is 0 Å². The summed E-state index contributed by atoms with van der Waals surface area (Å²) in [7, 11) is 0.